The van der Waals surface area contributed by atoms with Gasteiger partial charge in [-0.15, -0.1) is 0 Å². The molecule has 0 saturated heterocycles. The third-order valence-electron chi connectivity index (χ3n) is 2.69. The SMILES string of the molecule is COc1ncccc1C(=O)Nc1cc(C)cc(C)c1. The van der Waals surface area contributed by atoms with Crippen LogP contribution < -0.4 is 10.1 Å². The van der Waals surface area contributed by atoms with Crippen molar-refractivity contribution in [1.82, 2.24) is 4.98 Å². The van der Waals surface area contributed by atoms with E-state index in [1.54, 1.807) is 18.3 Å². The molecular weight excluding hydrogens is 240 g/mol. The Bertz CT molecular complexity index is 589. The molecule has 98 valence electrons. The Morgan fingerprint density at radius 3 is 2.53 bits per heavy atom. The molecule has 1 aromatic heterocycles. The molecule has 0 aliphatic carbocycles. The third kappa shape index (κ3) is 3.10. The van der Waals surface area contributed by atoms with Crippen molar-refractivity contribution in [1.29, 1.82) is 0 Å². The first kappa shape index (κ1) is 13.1. The Balaban J connectivity index is 2.25. The fourth-order valence-electron chi connectivity index (χ4n) is 1.97. The van der Waals surface area contributed by atoms with E-state index in [1.807, 2.05) is 26.0 Å². The van der Waals surface area contributed by atoms with E-state index in [1.165, 1.54) is 7.11 Å². The van der Waals surface area contributed by atoms with Crippen LogP contribution >= 0.6 is 0 Å². The number of aryl methyl sites for hydroxylation is 2. The highest BCUT2D eigenvalue weighted by atomic mass is 16.5. The number of aromatic nitrogens is 1. The van der Waals surface area contributed by atoms with Gasteiger partial charge in [-0.2, -0.15) is 0 Å². The molecule has 1 aromatic carbocycles. The number of hydrogen-bond donors (Lipinski definition) is 1. The minimum atomic E-state index is -0.227. The van der Waals surface area contributed by atoms with Crippen LogP contribution in [0.25, 0.3) is 0 Å². The highest BCUT2D eigenvalue weighted by molar-refractivity contribution is 6.05. The number of anilines is 1. The maximum atomic E-state index is 12.2. The molecule has 2 aromatic rings. The molecule has 0 unspecified atom stereocenters. The van der Waals surface area contributed by atoms with Gasteiger partial charge in [0.1, 0.15) is 5.56 Å². The standard InChI is InChI=1S/C15H16N2O2/c1-10-7-11(2)9-12(8-10)17-14(18)13-5-4-6-16-15(13)19-3/h4-9H,1-3H3,(H,17,18). The van der Waals surface area contributed by atoms with Gasteiger partial charge in [-0.05, 0) is 49.2 Å². The molecule has 0 aliphatic rings. The van der Waals surface area contributed by atoms with Crippen LogP contribution in [0.4, 0.5) is 5.69 Å². The number of methoxy groups -OCH3 is 1. The topological polar surface area (TPSA) is 51.2 Å². The summed E-state index contributed by atoms with van der Waals surface area (Å²) >= 11 is 0. The molecule has 0 aliphatic heterocycles. The number of carbonyl (C=O) groups excluding carboxylic acids is 1. The molecule has 1 amide bonds. The van der Waals surface area contributed by atoms with E-state index in [-0.39, 0.29) is 5.91 Å². The van der Waals surface area contributed by atoms with Crippen molar-refractivity contribution in [3.63, 3.8) is 0 Å². The molecule has 4 heteroatoms. The second kappa shape index (κ2) is 5.52. The Morgan fingerprint density at radius 1 is 1.21 bits per heavy atom. The number of rotatable bonds is 3. The number of pyridine rings is 1. The maximum Gasteiger partial charge on any atom is 0.261 e. The largest absolute Gasteiger partial charge is 0.480 e. The van der Waals surface area contributed by atoms with Crippen LogP contribution in [0.1, 0.15) is 21.5 Å². The monoisotopic (exact) mass is 256 g/mol. The van der Waals surface area contributed by atoms with E-state index in [0.29, 0.717) is 11.4 Å². The van der Waals surface area contributed by atoms with Gasteiger partial charge in [0.05, 0.1) is 7.11 Å². The average Bonchev–Trinajstić information content (AvgIpc) is 2.37. The molecule has 0 saturated carbocycles. The van der Waals surface area contributed by atoms with Gasteiger partial charge < -0.3 is 10.1 Å². The lowest BCUT2D eigenvalue weighted by molar-refractivity contribution is 0.102. The Hall–Kier alpha value is -2.36. The van der Waals surface area contributed by atoms with Crippen molar-refractivity contribution in [2.75, 3.05) is 12.4 Å². The zero-order chi connectivity index (χ0) is 13.8. The molecule has 0 fully saturated rings. The van der Waals surface area contributed by atoms with E-state index >= 15 is 0 Å². The third-order valence-corrected chi connectivity index (χ3v) is 2.69. The van der Waals surface area contributed by atoms with Gasteiger partial charge in [0.25, 0.3) is 5.91 Å². The molecular formula is C15H16N2O2. The first-order valence-electron chi connectivity index (χ1n) is 5.99. The van der Waals surface area contributed by atoms with Gasteiger partial charge in [0.15, 0.2) is 0 Å². The van der Waals surface area contributed by atoms with Crippen LogP contribution in [0.15, 0.2) is 36.5 Å². The summed E-state index contributed by atoms with van der Waals surface area (Å²) in [5.74, 6) is 0.0966. The molecule has 0 bridgehead atoms. The quantitative estimate of drug-likeness (QED) is 0.918. The van der Waals surface area contributed by atoms with E-state index in [4.69, 9.17) is 4.74 Å². The van der Waals surface area contributed by atoms with Crippen LogP contribution in [-0.2, 0) is 0 Å². The van der Waals surface area contributed by atoms with E-state index in [9.17, 15) is 4.79 Å². The van der Waals surface area contributed by atoms with Crippen LogP contribution in [-0.4, -0.2) is 18.0 Å². The Labute approximate surface area is 112 Å². The molecule has 4 nitrogen and oxygen atoms in total. The second-order valence-corrected chi connectivity index (χ2v) is 4.39. The van der Waals surface area contributed by atoms with Crippen LogP contribution in [0.2, 0.25) is 0 Å². The zero-order valence-electron chi connectivity index (χ0n) is 11.2. The first-order valence-corrected chi connectivity index (χ1v) is 5.99. The number of ether oxygens (including phenoxy) is 1. The number of carbonyl (C=O) groups is 1. The van der Waals surface area contributed by atoms with Crippen LogP contribution in [0.3, 0.4) is 0 Å². The van der Waals surface area contributed by atoms with Gasteiger partial charge in [-0.3, -0.25) is 4.79 Å². The fourth-order valence-corrected chi connectivity index (χ4v) is 1.97. The lowest BCUT2D eigenvalue weighted by Gasteiger charge is -2.09. The molecule has 1 heterocycles. The normalized spacial score (nSPS) is 10.1. The van der Waals surface area contributed by atoms with E-state index < -0.39 is 0 Å². The van der Waals surface area contributed by atoms with E-state index in [0.717, 1.165) is 16.8 Å². The Morgan fingerprint density at radius 2 is 1.89 bits per heavy atom. The van der Waals surface area contributed by atoms with Gasteiger partial charge in [0.2, 0.25) is 5.88 Å². The number of hydrogen-bond acceptors (Lipinski definition) is 3. The average molecular weight is 256 g/mol. The first-order chi connectivity index (χ1) is 9.10. The molecule has 1 N–H and O–H groups in total. The highest BCUT2D eigenvalue weighted by Crippen LogP contribution is 2.18. The molecule has 0 radical (unpaired) electrons. The summed E-state index contributed by atoms with van der Waals surface area (Å²) in [6, 6.07) is 9.30. The lowest BCUT2D eigenvalue weighted by atomic mass is 10.1. The van der Waals surface area contributed by atoms with Gasteiger partial charge >= 0.3 is 0 Å². The van der Waals surface area contributed by atoms with Crippen molar-refractivity contribution in [3.8, 4) is 5.88 Å². The van der Waals surface area contributed by atoms with E-state index in [2.05, 4.69) is 16.4 Å². The van der Waals surface area contributed by atoms with Crippen molar-refractivity contribution in [3.05, 3.63) is 53.2 Å². The predicted molar refractivity (Wildman–Crippen MR) is 74.7 cm³/mol. The fraction of sp³-hybridized carbons (Fsp3) is 0.200. The number of nitrogens with zero attached hydrogens (tertiary/aromatic N) is 1. The smallest absolute Gasteiger partial charge is 0.261 e. The van der Waals surface area contributed by atoms with Gasteiger partial charge in [-0.25, -0.2) is 4.98 Å². The van der Waals surface area contributed by atoms with Crippen molar-refractivity contribution in [2.24, 2.45) is 0 Å². The lowest BCUT2D eigenvalue weighted by Crippen LogP contribution is -2.13. The highest BCUT2D eigenvalue weighted by Gasteiger charge is 2.13. The summed E-state index contributed by atoms with van der Waals surface area (Å²) in [4.78, 5) is 16.2. The summed E-state index contributed by atoms with van der Waals surface area (Å²) in [5, 5.41) is 2.86. The summed E-state index contributed by atoms with van der Waals surface area (Å²) < 4.78 is 5.08. The van der Waals surface area contributed by atoms with Crippen molar-refractivity contribution in [2.45, 2.75) is 13.8 Å². The minimum absolute atomic E-state index is 0.227. The summed E-state index contributed by atoms with van der Waals surface area (Å²) in [7, 11) is 1.50. The van der Waals surface area contributed by atoms with Gasteiger partial charge in [-0.1, -0.05) is 6.07 Å². The predicted octanol–water partition coefficient (Wildman–Crippen LogP) is 2.96. The number of amides is 1. The second-order valence-electron chi connectivity index (χ2n) is 4.39. The van der Waals surface area contributed by atoms with Crippen LogP contribution in [0.5, 0.6) is 5.88 Å². The maximum absolute atomic E-state index is 12.2. The molecule has 2 rings (SSSR count). The molecule has 19 heavy (non-hydrogen) atoms. The summed E-state index contributed by atoms with van der Waals surface area (Å²) in [5.41, 5.74) is 3.40. The summed E-state index contributed by atoms with van der Waals surface area (Å²) in [6.07, 6.45) is 1.59. The summed E-state index contributed by atoms with van der Waals surface area (Å²) in [6.45, 7) is 3.99. The molecule has 0 atom stereocenters. The van der Waals surface area contributed by atoms with Crippen LogP contribution in [0, 0.1) is 13.8 Å². The number of benzene rings is 1. The van der Waals surface area contributed by atoms with Gasteiger partial charge in [0, 0.05) is 11.9 Å². The molecule has 0 spiro atoms. The van der Waals surface area contributed by atoms with Crippen molar-refractivity contribution < 1.29 is 9.53 Å². The Kier molecular flexibility index (Phi) is 3.80. The number of nitrogens with one attached hydrogen (secondary N) is 1. The minimum Gasteiger partial charge on any atom is -0.480 e. The zero-order valence-corrected chi connectivity index (χ0v) is 11.2. The van der Waals surface area contributed by atoms with Crippen molar-refractivity contribution >= 4 is 11.6 Å².